The Bertz CT molecular complexity index is 355. The third-order valence-corrected chi connectivity index (χ3v) is 2.83. The molecule has 2 rings (SSSR count). The molecule has 0 unspecified atom stereocenters. The Morgan fingerprint density at radius 3 is 2.56 bits per heavy atom. The number of aromatic nitrogens is 2. The van der Waals surface area contributed by atoms with Gasteiger partial charge in [-0.2, -0.15) is 0 Å². The van der Waals surface area contributed by atoms with Gasteiger partial charge in [-0.3, -0.25) is 4.90 Å². The van der Waals surface area contributed by atoms with Crippen LogP contribution in [0.25, 0.3) is 5.57 Å². The Labute approximate surface area is 96.0 Å². The molecule has 0 spiro atoms. The highest BCUT2D eigenvalue weighted by atomic mass is 16.5. The van der Waals surface area contributed by atoms with Crippen molar-refractivity contribution >= 4 is 5.57 Å². The molecular formula is C12H17N3O. The first-order valence-electron chi connectivity index (χ1n) is 5.56. The monoisotopic (exact) mass is 219 g/mol. The summed E-state index contributed by atoms with van der Waals surface area (Å²) in [5, 5.41) is 0. The maximum absolute atomic E-state index is 4.92. The average molecular weight is 219 g/mol. The summed E-state index contributed by atoms with van der Waals surface area (Å²) in [6, 6.07) is 0.401. The second-order valence-electron chi connectivity index (χ2n) is 4.05. The van der Waals surface area contributed by atoms with Crippen molar-refractivity contribution in [2.45, 2.75) is 12.8 Å². The zero-order valence-corrected chi connectivity index (χ0v) is 9.65. The Balaban J connectivity index is 1.97. The van der Waals surface area contributed by atoms with E-state index in [2.05, 4.69) is 21.4 Å². The van der Waals surface area contributed by atoms with Gasteiger partial charge in [0.2, 0.25) is 0 Å². The maximum atomic E-state index is 4.92. The molecule has 1 fully saturated rings. The molecule has 0 N–H and O–H groups in total. The van der Waals surface area contributed by atoms with Gasteiger partial charge >= 0.3 is 6.01 Å². The number of rotatable bonds is 4. The molecule has 0 aromatic carbocycles. The Morgan fingerprint density at radius 2 is 2.00 bits per heavy atom. The summed E-state index contributed by atoms with van der Waals surface area (Å²) in [6.07, 6.45) is 6.13. The van der Waals surface area contributed by atoms with Crippen molar-refractivity contribution in [1.29, 1.82) is 0 Å². The van der Waals surface area contributed by atoms with Gasteiger partial charge in [-0.05, 0) is 31.5 Å². The second kappa shape index (κ2) is 5.07. The first-order valence-corrected chi connectivity index (χ1v) is 5.56. The van der Waals surface area contributed by atoms with E-state index in [4.69, 9.17) is 4.74 Å². The van der Waals surface area contributed by atoms with E-state index >= 15 is 0 Å². The number of likely N-dealkylation sites (tertiary alicyclic amines) is 1. The van der Waals surface area contributed by atoms with Crippen LogP contribution in [-0.4, -0.2) is 41.6 Å². The number of nitrogens with zero attached hydrogens (tertiary/aromatic N) is 3. The third kappa shape index (κ3) is 2.58. The van der Waals surface area contributed by atoms with Gasteiger partial charge in [0.05, 0.1) is 7.11 Å². The first kappa shape index (κ1) is 11.1. The molecule has 0 bridgehead atoms. The third-order valence-electron chi connectivity index (χ3n) is 2.83. The predicted octanol–water partition coefficient (Wildman–Crippen LogP) is 1.59. The molecule has 0 amide bonds. The molecule has 1 aliphatic rings. The minimum Gasteiger partial charge on any atom is -0.467 e. The van der Waals surface area contributed by atoms with Crippen LogP contribution in [0.3, 0.4) is 0 Å². The van der Waals surface area contributed by atoms with Crippen LogP contribution in [-0.2, 0) is 0 Å². The SMILES string of the molecule is C=C(CN1CCCC1)c1cnc(OC)nc1. The van der Waals surface area contributed by atoms with Crippen molar-refractivity contribution in [3.63, 3.8) is 0 Å². The minimum atomic E-state index is 0.401. The van der Waals surface area contributed by atoms with E-state index in [0.29, 0.717) is 6.01 Å². The van der Waals surface area contributed by atoms with Crippen molar-refractivity contribution in [1.82, 2.24) is 14.9 Å². The van der Waals surface area contributed by atoms with Gasteiger partial charge in [0.1, 0.15) is 0 Å². The van der Waals surface area contributed by atoms with E-state index in [1.54, 1.807) is 19.5 Å². The van der Waals surface area contributed by atoms with Gasteiger partial charge in [-0.1, -0.05) is 6.58 Å². The Morgan fingerprint density at radius 1 is 1.38 bits per heavy atom. The molecule has 0 radical (unpaired) electrons. The maximum Gasteiger partial charge on any atom is 0.316 e. The molecule has 1 aromatic rings. The number of methoxy groups -OCH3 is 1. The summed E-state index contributed by atoms with van der Waals surface area (Å²) < 4.78 is 4.92. The van der Waals surface area contributed by atoms with E-state index < -0.39 is 0 Å². The summed E-state index contributed by atoms with van der Waals surface area (Å²) in [7, 11) is 1.56. The minimum absolute atomic E-state index is 0.401. The summed E-state index contributed by atoms with van der Waals surface area (Å²) in [4.78, 5) is 10.6. The summed E-state index contributed by atoms with van der Waals surface area (Å²) >= 11 is 0. The molecule has 86 valence electrons. The van der Waals surface area contributed by atoms with Crippen LogP contribution in [0, 0.1) is 0 Å². The van der Waals surface area contributed by atoms with E-state index in [1.807, 2.05) is 0 Å². The smallest absolute Gasteiger partial charge is 0.316 e. The average Bonchev–Trinajstić information content (AvgIpc) is 2.82. The quantitative estimate of drug-likeness (QED) is 0.771. The molecule has 0 atom stereocenters. The molecular weight excluding hydrogens is 202 g/mol. The lowest BCUT2D eigenvalue weighted by Crippen LogP contribution is -2.21. The van der Waals surface area contributed by atoms with Crippen LogP contribution >= 0.6 is 0 Å². The van der Waals surface area contributed by atoms with Crippen molar-refractivity contribution in [3.8, 4) is 6.01 Å². The Kier molecular flexibility index (Phi) is 3.51. The second-order valence-corrected chi connectivity index (χ2v) is 4.05. The van der Waals surface area contributed by atoms with Crippen LogP contribution in [0.4, 0.5) is 0 Å². The lowest BCUT2D eigenvalue weighted by Gasteiger charge is -2.16. The van der Waals surface area contributed by atoms with Crippen LogP contribution in [0.1, 0.15) is 18.4 Å². The zero-order chi connectivity index (χ0) is 11.4. The van der Waals surface area contributed by atoms with Gasteiger partial charge in [0.15, 0.2) is 0 Å². The van der Waals surface area contributed by atoms with Gasteiger partial charge in [-0.15, -0.1) is 0 Å². The normalized spacial score (nSPS) is 16.3. The predicted molar refractivity (Wildman–Crippen MR) is 63.3 cm³/mol. The highest BCUT2D eigenvalue weighted by Gasteiger charge is 2.13. The van der Waals surface area contributed by atoms with Crippen molar-refractivity contribution in [2.75, 3.05) is 26.7 Å². The van der Waals surface area contributed by atoms with Crippen LogP contribution < -0.4 is 4.74 Å². The summed E-state index contributed by atoms with van der Waals surface area (Å²) in [5.74, 6) is 0. The van der Waals surface area contributed by atoms with Crippen LogP contribution in [0.2, 0.25) is 0 Å². The lowest BCUT2D eigenvalue weighted by molar-refractivity contribution is 0.378. The Hall–Kier alpha value is -1.42. The topological polar surface area (TPSA) is 38.2 Å². The molecule has 1 saturated heterocycles. The van der Waals surface area contributed by atoms with Gasteiger partial charge in [0, 0.05) is 24.5 Å². The van der Waals surface area contributed by atoms with Crippen molar-refractivity contribution in [2.24, 2.45) is 0 Å². The summed E-state index contributed by atoms with van der Waals surface area (Å²) in [6.45, 7) is 7.35. The van der Waals surface area contributed by atoms with E-state index in [1.165, 1.54) is 25.9 Å². The fourth-order valence-corrected chi connectivity index (χ4v) is 1.91. The number of hydrogen-bond acceptors (Lipinski definition) is 4. The van der Waals surface area contributed by atoms with Crippen LogP contribution in [0.5, 0.6) is 6.01 Å². The summed E-state index contributed by atoms with van der Waals surface area (Å²) in [5.41, 5.74) is 2.07. The van der Waals surface area contributed by atoms with E-state index in [0.717, 1.165) is 17.7 Å². The molecule has 16 heavy (non-hydrogen) atoms. The highest BCUT2D eigenvalue weighted by Crippen LogP contribution is 2.16. The number of hydrogen-bond donors (Lipinski definition) is 0. The number of ether oxygens (including phenoxy) is 1. The molecule has 0 aliphatic carbocycles. The fourth-order valence-electron chi connectivity index (χ4n) is 1.91. The highest BCUT2D eigenvalue weighted by molar-refractivity contribution is 5.63. The molecule has 2 heterocycles. The fraction of sp³-hybridized carbons (Fsp3) is 0.500. The van der Waals surface area contributed by atoms with Crippen molar-refractivity contribution < 1.29 is 4.74 Å². The van der Waals surface area contributed by atoms with Crippen LogP contribution in [0.15, 0.2) is 19.0 Å². The molecule has 4 nitrogen and oxygen atoms in total. The lowest BCUT2D eigenvalue weighted by atomic mass is 10.1. The first-order chi connectivity index (χ1) is 7.79. The molecule has 0 saturated carbocycles. The van der Waals surface area contributed by atoms with Crippen molar-refractivity contribution in [3.05, 3.63) is 24.5 Å². The van der Waals surface area contributed by atoms with Gasteiger partial charge < -0.3 is 4.74 Å². The zero-order valence-electron chi connectivity index (χ0n) is 9.65. The van der Waals surface area contributed by atoms with Gasteiger partial charge in [-0.25, -0.2) is 9.97 Å². The van der Waals surface area contributed by atoms with Gasteiger partial charge in [0.25, 0.3) is 0 Å². The largest absolute Gasteiger partial charge is 0.467 e. The molecule has 4 heteroatoms. The van der Waals surface area contributed by atoms with E-state index in [-0.39, 0.29) is 0 Å². The standard InChI is InChI=1S/C12H17N3O/c1-10(9-15-5-3-4-6-15)11-7-13-12(16-2)14-8-11/h7-8H,1,3-6,9H2,2H3. The molecule has 1 aromatic heterocycles. The molecule has 1 aliphatic heterocycles. The van der Waals surface area contributed by atoms with E-state index in [9.17, 15) is 0 Å².